The minimum absolute atomic E-state index is 0.148. The average Bonchev–Trinajstić information content (AvgIpc) is 2.68. The van der Waals surface area contributed by atoms with E-state index in [1.807, 2.05) is 30.3 Å². The summed E-state index contributed by atoms with van der Waals surface area (Å²) < 4.78 is 0. The van der Waals surface area contributed by atoms with Crippen molar-refractivity contribution in [3.05, 3.63) is 59.7 Å². The number of benzene rings is 2. The molecule has 2 aromatic carbocycles. The lowest BCUT2D eigenvalue weighted by molar-refractivity contribution is -0.141. The van der Waals surface area contributed by atoms with Gasteiger partial charge in [0, 0.05) is 33.1 Å². The molecule has 0 spiro atoms. The third kappa shape index (κ3) is 4.20. The van der Waals surface area contributed by atoms with Crippen molar-refractivity contribution < 1.29 is 19.5 Å². The lowest BCUT2D eigenvalue weighted by Gasteiger charge is -2.39. The Morgan fingerprint density at radius 2 is 1.75 bits per heavy atom. The molecule has 0 radical (unpaired) electrons. The van der Waals surface area contributed by atoms with Crippen LogP contribution in [0.3, 0.4) is 0 Å². The number of hydrogen-bond donors (Lipinski definition) is 2. The van der Waals surface area contributed by atoms with E-state index in [9.17, 15) is 19.5 Å². The predicted molar refractivity (Wildman–Crippen MR) is 104 cm³/mol. The first-order chi connectivity index (χ1) is 13.4. The van der Waals surface area contributed by atoms with Gasteiger partial charge < -0.3 is 15.7 Å². The molecule has 28 heavy (non-hydrogen) atoms. The molecule has 1 aliphatic rings. The normalized spacial score (nSPS) is 17.3. The Balaban J connectivity index is 1.72. The van der Waals surface area contributed by atoms with Crippen LogP contribution >= 0.6 is 0 Å². The van der Waals surface area contributed by atoms with Crippen LogP contribution in [-0.2, 0) is 16.1 Å². The molecular formula is C21H23N3O4. The van der Waals surface area contributed by atoms with Crippen molar-refractivity contribution in [2.24, 2.45) is 5.73 Å². The lowest BCUT2D eigenvalue weighted by Crippen LogP contribution is -2.59. The average molecular weight is 381 g/mol. The molecule has 7 nitrogen and oxygen atoms in total. The molecule has 0 aliphatic carbocycles. The van der Waals surface area contributed by atoms with Crippen LogP contribution in [0.5, 0.6) is 0 Å². The second-order valence-electron chi connectivity index (χ2n) is 6.91. The molecule has 1 heterocycles. The van der Waals surface area contributed by atoms with E-state index in [1.165, 1.54) is 11.8 Å². The number of carbonyl (C=O) groups excluding carboxylic acids is 2. The Labute approximate surface area is 163 Å². The number of aromatic carboxylic acids is 1. The number of piperazine rings is 1. The number of primary amides is 1. The number of carbonyl (C=O) groups is 3. The van der Waals surface area contributed by atoms with Gasteiger partial charge in [-0.1, -0.05) is 42.5 Å². The maximum Gasteiger partial charge on any atom is 0.336 e. The molecule has 3 rings (SSSR count). The number of nitrogens with two attached hydrogens (primary N) is 1. The van der Waals surface area contributed by atoms with Gasteiger partial charge in [-0.25, -0.2) is 4.79 Å². The van der Waals surface area contributed by atoms with E-state index in [0.29, 0.717) is 31.7 Å². The number of amides is 2. The molecule has 1 saturated heterocycles. The molecule has 1 atom stereocenters. The van der Waals surface area contributed by atoms with Gasteiger partial charge in [0.2, 0.25) is 11.8 Å². The number of rotatable bonds is 5. The zero-order valence-electron chi connectivity index (χ0n) is 15.7. The Kier molecular flexibility index (Phi) is 5.75. The zero-order chi connectivity index (χ0) is 20.3. The molecule has 1 fully saturated rings. The third-order valence-electron chi connectivity index (χ3n) is 5.03. The predicted octanol–water partition coefficient (Wildman–Crippen LogP) is 1.57. The molecule has 2 amide bonds. The summed E-state index contributed by atoms with van der Waals surface area (Å²) in [5, 5.41) is 9.36. The molecule has 0 aromatic heterocycles. The van der Waals surface area contributed by atoms with Crippen molar-refractivity contribution in [3.63, 3.8) is 0 Å². The highest BCUT2D eigenvalue weighted by atomic mass is 16.4. The Bertz CT molecular complexity index is 895. The zero-order valence-corrected chi connectivity index (χ0v) is 15.7. The maximum atomic E-state index is 11.7. The molecule has 3 N–H and O–H groups in total. The van der Waals surface area contributed by atoms with Gasteiger partial charge >= 0.3 is 5.97 Å². The topological polar surface area (TPSA) is 104 Å². The maximum absolute atomic E-state index is 11.7. The van der Waals surface area contributed by atoms with Gasteiger partial charge in [-0.3, -0.25) is 14.5 Å². The second-order valence-corrected chi connectivity index (χ2v) is 6.91. The first kappa shape index (κ1) is 19.6. The fraction of sp³-hybridized carbons (Fsp3) is 0.286. The van der Waals surface area contributed by atoms with Crippen molar-refractivity contribution in [2.45, 2.75) is 19.5 Å². The van der Waals surface area contributed by atoms with E-state index in [1.54, 1.807) is 18.2 Å². The van der Waals surface area contributed by atoms with Crippen LogP contribution in [0.1, 0.15) is 22.8 Å². The van der Waals surface area contributed by atoms with E-state index in [2.05, 4.69) is 4.90 Å². The van der Waals surface area contributed by atoms with Gasteiger partial charge in [-0.2, -0.15) is 0 Å². The summed E-state index contributed by atoms with van der Waals surface area (Å²) in [6, 6.07) is 14.0. The van der Waals surface area contributed by atoms with Gasteiger partial charge in [0.15, 0.2) is 0 Å². The summed E-state index contributed by atoms with van der Waals surface area (Å²) >= 11 is 0. The lowest BCUT2D eigenvalue weighted by atomic mass is 9.98. The molecule has 0 saturated carbocycles. The molecule has 146 valence electrons. The van der Waals surface area contributed by atoms with Crippen molar-refractivity contribution in [2.75, 3.05) is 19.6 Å². The Morgan fingerprint density at radius 3 is 2.36 bits per heavy atom. The molecule has 7 heteroatoms. The van der Waals surface area contributed by atoms with Gasteiger partial charge in [0.05, 0.1) is 5.56 Å². The number of nitrogens with zero attached hydrogens (tertiary/aromatic N) is 2. The largest absolute Gasteiger partial charge is 0.478 e. The fourth-order valence-corrected chi connectivity index (χ4v) is 3.57. The van der Waals surface area contributed by atoms with Gasteiger partial charge in [-0.15, -0.1) is 0 Å². The number of carboxylic acid groups (broad SMARTS) is 1. The second kappa shape index (κ2) is 8.22. The quantitative estimate of drug-likeness (QED) is 0.818. The summed E-state index contributed by atoms with van der Waals surface area (Å²) in [6.07, 6.45) is 0. The highest BCUT2D eigenvalue weighted by Gasteiger charge is 2.32. The van der Waals surface area contributed by atoms with E-state index in [-0.39, 0.29) is 11.5 Å². The highest BCUT2D eigenvalue weighted by molar-refractivity contribution is 5.96. The minimum Gasteiger partial charge on any atom is -0.478 e. The third-order valence-corrected chi connectivity index (χ3v) is 5.03. The Hall–Kier alpha value is -3.19. The summed E-state index contributed by atoms with van der Waals surface area (Å²) in [5.41, 5.74) is 8.27. The number of carboxylic acids is 1. The number of hydrogen-bond acceptors (Lipinski definition) is 4. The highest BCUT2D eigenvalue weighted by Crippen LogP contribution is 2.24. The van der Waals surface area contributed by atoms with Crippen molar-refractivity contribution in [1.29, 1.82) is 0 Å². The van der Waals surface area contributed by atoms with Crippen molar-refractivity contribution in [1.82, 2.24) is 9.80 Å². The monoisotopic (exact) mass is 381 g/mol. The SMILES string of the molecule is CC(=O)N1CCN(Cc2ccc(-c3ccccc3C(=O)O)cc2)C[C@H]1C(N)=O. The van der Waals surface area contributed by atoms with E-state index < -0.39 is 17.9 Å². The smallest absolute Gasteiger partial charge is 0.336 e. The fourth-order valence-electron chi connectivity index (χ4n) is 3.57. The summed E-state index contributed by atoms with van der Waals surface area (Å²) in [5.74, 6) is -1.61. The molecule has 0 bridgehead atoms. The van der Waals surface area contributed by atoms with Gasteiger partial charge in [0.25, 0.3) is 0 Å². The molecule has 0 unspecified atom stereocenters. The van der Waals surface area contributed by atoms with E-state index in [4.69, 9.17) is 5.73 Å². The van der Waals surface area contributed by atoms with Crippen molar-refractivity contribution >= 4 is 17.8 Å². The molecule has 1 aliphatic heterocycles. The van der Waals surface area contributed by atoms with Crippen LogP contribution in [0.25, 0.3) is 11.1 Å². The van der Waals surface area contributed by atoms with Crippen LogP contribution < -0.4 is 5.73 Å². The molecular weight excluding hydrogens is 358 g/mol. The van der Waals surface area contributed by atoms with E-state index in [0.717, 1.165) is 11.1 Å². The van der Waals surface area contributed by atoms with E-state index >= 15 is 0 Å². The molecule has 2 aromatic rings. The van der Waals surface area contributed by atoms with Crippen molar-refractivity contribution in [3.8, 4) is 11.1 Å². The first-order valence-electron chi connectivity index (χ1n) is 9.07. The standard InChI is InChI=1S/C21H23N3O4/c1-14(25)24-11-10-23(13-19(24)20(22)26)12-15-6-8-16(9-7-15)17-4-2-3-5-18(17)21(27)28/h2-9,19H,10-13H2,1H3,(H2,22,26)(H,27,28)/t19-/m0/s1. The Morgan fingerprint density at radius 1 is 1.07 bits per heavy atom. The summed E-state index contributed by atoms with van der Waals surface area (Å²) in [7, 11) is 0. The van der Waals surface area contributed by atoms with Crippen LogP contribution in [0.4, 0.5) is 0 Å². The van der Waals surface area contributed by atoms with Crippen LogP contribution in [0.2, 0.25) is 0 Å². The van der Waals surface area contributed by atoms with Crippen LogP contribution in [0.15, 0.2) is 48.5 Å². The van der Waals surface area contributed by atoms with Gasteiger partial charge in [0.1, 0.15) is 6.04 Å². The van der Waals surface area contributed by atoms with Crippen LogP contribution in [0, 0.1) is 0 Å². The first-order valence-corrected chi connectivity index (χ1v) is 9.07. The van der Waals surface area contributed by atoms with Crippen LogP contribution in [-0.4, -0.2) is 58.4 Å². The minimum atomic E-state index is -0.958. The van der Waals surface area contributed by atoms with Gasteiger partial charge in [-0.05, 0) is 22.8 Å². The summed E-state index contributed by atoms with van der Waals surface area (Å²) in [6.45, 7) is 3.59. The summed E-state index contributed by atoms with van der Waals surface area (Å²) in [4.78, 5) is 38.4.